The van der Waals surface area contributed by atoms with E-state index < -0.39 is 5.97 Å². The van der Waals surface area contributed by atoms with Gasteiger partial charge in [0.25, 0.3) is 5.91 Å². The second-order valence-electron chi connectivity index (χ2n) is 6.50. The average molecular weight is 389 g/mol. The molecule has 0 aliphatic carbocycles. The van der Waals surface area contributed by atoms with E-state index in [9.17, 15) is 9.59 Å². The molecular weight excluding hydrogens is 372 g/mol. The Kier molecular flexibility index (Phi) is 4.53. The molecule has 1 N–H and O–H groups in total. The summed E-state index contributed by atoms with van der Waals surface area (Å²) >= 11 is 5.93. The molecule has 0 unspecified atom stereocenters. The van der Waals surface area contributed by atoms with Gasteiger partial charge in [-0.2, -0.15) is 5.10 Å². The molecular formula is C17H17ClN6O3. The van der Waals surface area contributed by atoms with Gasteiger partial charge in [-0.05, 0) is 18.9 Å². The Morgan fingerprint density at radius 2 is 2.19 bits per heavy atom. The van der Waals surface area contributed by atoms with Gasteiger partial charge in [0.1, 0.15) is 12.2 Å². The number of carbonyl (C=O) groups is 2. The average Bonchev–Trinajstić information content (AvgIpc) is 3.27. The van der Waals surface area contributed by atoms with Crippen molar-refractivity contribution in [3.05, 3.63) is 47.3 Å². The first kappa shape index (κ1) is 17.5. The van der Waals surface area contributed by atoms with Crippen LogP contribution in [0, 0.1) is 0 Å². The van der Waals surface area contributed by atoms with E-state index in [0.717, 1.165) is 18.5 Å². The minimum atomic E-state index is -0.945. The van der Waals surface area contributed by atoms with E-state index in [0.29, 0.717) is 29.6 Å². The Labute approximate surface area is 159 Å². The molecule has 4 rings (SSSR count). The Morgan fingerprint density at radius 1 is 1.33 bits per heavy atom. The highest BCUT2D eigenvalue weighted by molar-refractivity contribution is 6.30. The summed E-state index contributed by atoms with van der Waals surface area (Å²) in [5.74, 6) is -0.671. The lowest BCUT2D eigenvalue weighted by Gasteiger charge is -2.32. The van der Waals surface area contributed by atoms with Crippen LogP contribution in [-0.2, 0) is 11.3 Å². The summed E-state index contributed by atoms with van der Waals surface area (Å²) in [5.41, 5.74) is 1.14. The minimum absolute atomic E-state index is 0.0363. The van der Waals surface area contributed by atoms with Gasteiger partial charge in [-0.1, -0.05) is 11.6 Å². The minimum Gasteiger partial charge on any atom is -0.480 e. The summed E-state index contributed by atoms with van der Waals surface area (Å²) in [5, 5.41) is 13.6. The van der Waals surface area contributed by atoms with Gasteiger partial charge >= 0.3 is 5.97 Å². The maximum absolute atomic E-state index is 12.9. The number of imidazole rings is 1. The van der Waals surface area contributed by atoms with E-state index in [-0.39, 0.29) is 18.4 Å². The summed E-state index contributed by atoms with van der Waals surface area (Å²) in [6.45, 7) is 0.933. The van der Waals surface area contributed by atoms with Crippen LogP contribution in [0.2, 0.25) is 5.02 Å². The molecule has 9 nitrogen and oxygen atoms in total. The highest BCUT2D eigenvalue weighted by Crippen LogP contribution is 2.27. The smallest absolute Gasteiger partial charge is 0.325 e. The summed E-state index contributed by atoms with van der Waals surface area (Å²) in [6, 6.07) is 1.82. The van der Waals surface area contributed by atoms with Crippen molar-refractivity contribution < 1.29 is 14.7 Å². The molecule has 1 aliphatic rings. The van der Waals surface area contributed by atoms with Crippen molar-refractivity contribution in [2.24, 2.45) is 0 Å². The van der Waals surface area contributed by atoms with Gasteiger partial charge in [-0.15, -0.1) is 0 Å². The van der Waals surface area contributed by atoms with Crippen molar-refractivity contribution in [3.63, 3.8) is 0 Å². The first-order valence-electron chi connectivity index (χ1n) is 8.54. The van der Waals surface area contributed by atoms with Crippen LogP contribution >= 0.6 is 11.6 Å². The molecule has 4 heterocycles. The van der Waals surface area contributed by atoms with Crippen molar-refractivity contribution in [1.82, 2.24) is 29.0 Å². The van der Waals surface area contributed by atoms with Crippen LogP contribution in [0.4, 0.5) is 0 Å². The van der Waals surface area contributed by atoms with Crippen LogP contribution in [0.5, 0.6) is 0 Å². The van der Waals surface area contributed by atoms with Gasteiger partial charge in [0.2, 0.25) is 5.78 Å². The van der Waals surface area contributed by atoms with Gasteiger partial charge < -0.3 is 10.0 Å². The number of carboxylic acid groups (broad SMARTS) is 1. The number of rotatable bonds is 4. The lowest BCUT2D eigenvalue weighted by molar-refractivity contribution is -0.137. The Hall–Kier alpha value is -2.94. The fourth-order valence-electron chi connectivity index (χ4n) is 3.48. The second-order valence-corrected chi connectivity index (χ2v) is 6.94. The molecule has 0 radical (unpaired) electrons. The molecule has 27 heavy (non-hydrogen) atoms. The topological polar surface area (TPSA) is 106 Å². The molecule has 0 aromatic carbocycles. The second kappa shape index (κ2) is 6.99. The van der Waals surface area contributed by atoms with Crippen molar-refractivity contribution in [1.29, 1.82) is 0 Å². The maximum Gasteiger partial charge on any atom is 0.325 e. The standard InChI is InChI=1S/C17H17ClN6O3/c18-12-6-19-17-21-13(9-23(17)8-12)16(27)22-5-1-2-11(7-22)14-3-4-20-24(14)10-15(25)26/h3-4,6,8-9,11H,1-2,5,7,10H2,(H,25,26)/t11-/m0/s1. The SMILES string of the molecule is O=C(O)Cn1nccc1[C@H]1CCCN(C(=O)c2cn3cc(Cl)cnc3n2)C1. The first-order chi connectivity index (χ1) is 13.0. The zero-order chi connectivity index (χ0) is 19.0. The number of likely N-dealkylation sites (tertiary alicyclic amines) is 1. The number of amides is 1. The van der Waals surface area contributed by atoms with E-state index in [1.165, 1.54) is 10.9 Å². The predicted octanol–water partition coefficient (Wildman–Crippen LogP) is 1.68. The lowest BCUT2D eigenvalue weighted by atomic mass is 9.94. The van der Waals surface area contributed by atoms with Crippen molar-refractivity contribution in [2.45, 2.75) is 25.3 Å². The molecule has 10 heteroatoms. The molecule has 1 fully saturated rings. The highest BCUT2D eigenvalue weighted by Gasteiger charge is 2.29. The Balaban J connectivity index is 1.54. The van der Waals surface area contributed by atoms with Crippen LogP contribution in [0.3, 0.4) is 0 Å². The van der Waals surface area contributed by atoms with E-state index in [2.05, 4.69) is 15.1 Å². The highest BCUT2D eigenvalue weighted by atomic mass is 35.5. The van der Waals surface area contributed by atoms with Crippen molar-refractivity contribution in [2.75, 3.05) is 13.1 Å². The molecule has 1 amide bonds. The number of hydrogen-bond acceptors (Lipinski definition) is 5. The zero-order valence-electron chi connectivity index (χ0n) is 14.3. The number of piperidine rings is 1. The van der Waals surface area contributed by atoms with Crippen molar-refractivity contribution >= 4 is 29.3 Å². The van der Waals surface area contributed by atoms with E-state index >= 15 is 0 Å². The summed E-state index contributed by atoms with van der Waals surface area (Å²) in [6.07, 6.45) is 8.05. The van der Waals surface area contributed by atoms with Gasteiger partial charge in [0, 0.05) is 43.3 Å². The molecule has 0 saturated carbocycles. The normalized spacial score (nSPS) is 17.4. The van der Waals surface area contributed by atoms with Crippen LogP contribution in [0.1, 0.15) is 34.9 Å². The van der Waals surface area contributed by atoms with Crippen molar-refractivity contribution in [3.8, 4) is 0 Å². The fraction of sp³-hybridized carbons (Fsp3) is 0.353. The molecule has 1 aliphatic heterocycles. The van der Waals surface area contributed by atoms with Gasteiger partial charge in [0.05, 0.1) is 11.2 Å². The number of hydrogen-bond donors (Lipinski definition) is 1. The van der Waals surface area contributed by atoms with Gasteiger partial charge in [-0.3, -0.25) is 18.7 Å². The lowest BCUT2D eigenvalue weighted by Crippen LogP contribution is -2.39. The number of nitrogens with zero attached hydrogens (tertiary/aromatic N) is 6. The van der Waals surface area contributed by atoms with Crippen LogP contribution < -0.4 is 0 Å². The molecule has 1 saturated heterocycles. The number of carboxylic acids is 1. The third-order valence-corrected chi connectivity index (χ3v) is 4.85. The van der Waals surface area contributed by atoms with Gasteiger partial charge in [0.15, 0.2) is 0 Å². The predicted molar refractivity (Wildman–Crippen MR) is 95.7 cm³/mol. The van der Waals surface area contributed by atoms with Gasteiger partial charge in [-0.25, -0.2) is 9.97 Å². The van der Waals surface area contributed by atoms with Crippen LogP contribution in [0.15, 0.2) is 30.9 Å². The molecule has 1 atom stereocenters. The zero-order valence-corrected chi connectivity index (χ0v) is 15.1. The third-order valence-electron chi connectivity index (χ3n) is 4.66. The summed E-state index contributed by atoms with van der Waals surface area (Å²) in [7, 11) is 0. The van der Waals surface area contributed by atoms with Crippen LogP contribution in [0.25, 0.3) is 5.78 Å². The molecule has 0 bridgehead atoms. The molecule has 3 aromatic rings. The summed E-state index contributed by atoms with van der Waals surface area (Å²) < 4.78 is 3.11. The number of fused-ring (bicyclic) bond motifs is 1. The largest absolute Gasteiger partial charge is 0.480 e. The maximum atomic E-state index is 12.9. The molecule has 0 spiro atoms. The van der Waals surface area contributed by atoms with E-state index in [4.69, 9.17) is 16.7 Å². The molecule has 140 valence electrons. The quantitative estimate of drug-likeness (QED) is 0.729. The summed E-state index contributed by atoms with van der Waals surface area (Å²) in [4.78, 5) is 34.1. The number of aliphatic carboxylic acids is 1. The van der Waals surface area contributed by atoms with E-state index in [1.807, 2.05) is 6.07 Å². The fourth-order valence-corrected chi connectivity index (χ4v) is 3.63. The first-order valence-corrected chi connectivity index (χ1v) is 8.92. The van der Waals surface area contributed by atoms with E-state index in [1.54, 1.807) is 27.9 Å². The molecule has 3 aromatic heterocycles. The third kappa shape index (κ3) is 3.50. The number of halogens is 1. The van der Waals surface area contributed by atoms with Crippen LogP contribution in [-0.4, -0.2) is 59.1 Å². The Bertz CT molecular complexity index is 1010. The Morgan fingerprint density at radius 3 is 3.00 bits per heavy atom. The number of aromatic nitrogens is 5. The number of carbonyl (C=O) groups excluding carboxylic acids is 1. The monoisotopic (exact) mass is 388 g/mol.